The van der Waals surface area contributed by atoms with Gasteiger partial charge in [0.05, 0.1) is 0 Å². The minimum Gasteiger partial charge on any atom is -0.369 e. The fraction of sp³-hybridized carbons (Fsp3) is 0.263. The van der Waals surface area contributed by atoms with Crippen LogP contribution in [0.25, 0.3) is 0 Å². The molecule has 102 valence electrons. The van der Waals surface area contributed by atoms with Crippen LogP contribution in [0.1, 0.15) is 36.5 Å². The Bertz CT molecular complexity index is 577. The third-order valence-corrected chi connectivity index (χ3v) is 3.59. The lowest BCUT2D eigenvalue weighted by atomic mass is 9.86. The third-order valence-electron chi connectivity index (χ3n) is 3.59. The summed E-state index contributed by atoms with van der Waals surface area (Å²) in [7, 11) is 0. The van der Waals surface area contributed by atoms with Crippen molar-refractivity contribution in [3.8, 4) is 12.3 Å². The molecule has 0 aliphatic heterocycles. The minimum absolute atomic E-state index is 0.726. The summed E-state index contributed by atoms with van der Waals surface area (Å²) in [6, 6.07) is 17.3. The normalized spacial score (nSPS) is 13.4. The van der Waals surface area contributed by atoms with Crippen molar-refractivity contribution in [2.75, 3.05) is 0 Å². The molecule has 1 atom stereocenters. The molecule has 0 amide bonds. The first-order valence-electron chi connectivity index (χ1n) is 7.05. The van der Waals surface area contributed by atoms with E-state index in [1.165, 1.54) is 18.4 Å². The lowest BCUT2D eigenvalue weighted by Gasteiger charge is -2.23. The Balaban J connectivity index is 2.31. The van der Waals surface area contributed by atoms with Crippen LogP contribution < -0.4 is 0 Å². The predicted molar refractivity (Wildman–Crippen MR) is 83.3 cm³/mol. The topological polar surface area (TPSA) is 20.2 Å². The number of terminal acetylenes is 1. The van der Waals surface area contributed by atoms with Crippen LogP contribution in [-0.4, -0.2) is 5.11 Å². The smallest absolute Gasteiger partial charge is 0.176 e. The van der Waals surface area contributed by atoms with Gasteiger partial charge in [-0.3, -0.25) is 0 Å². The van der Waals surface area contributed by atoms with Gasteiger partial charge in [-0.1, -0.05) is 73.9 Å². The SMILES string of the molecule is C#CC(O)(c1ccccc1)c1ccc(CCCC)cc1. The van der Waals surface area contributed by atoms with Crippen LogP contribution in [0.15, 0.2) is 54.6 Å². The third kappa shape index (κ3) is 2.92. The van der Waals surface area contributed by atoms with E-state index < -0.39 is 5.60 Å². The molecule has 0 aliphatic carbocycles. The highest BCUT2D eigenvalue weighted by molar-refractivity contribution is 5.44. The second kappa shape index (κ2) is 6.41. The first-order chi connectivity index (χ1) is 9.70. The van der Waals surface area contributed by atoms with Gasteiger partial charge in [0.2, 0.25) is 0 Å². The van der Waals surface area contributed by atoms with E-state index in [-0.39, 0.29) is 0 Å². The molecule has 0 radical (unpaired) electrons. The highest BCUT2D eigenvalue weighted by Gasteiger charge is 2.28. The fourth-order valence-electron chi connectivity index (χ4n) is 2.31. The van der Waals surface area contributed by atoms with Crippen LogP contribution in [0.4, 0.5) is 0 Å². The largest absolute Gasteiger partial charge is 0.369 e. The molecule has 2 rings (SSSR count). The molecule has 1 unspecified atom stereocenters. The van der Waals surface area contributed by atoms with Crippen LogP contribution in [0.2, 0.25) is 0 Å². The molecule has 1 heteroatoms. The average Bonchev–Trinajstić information content (AvgIpc) is 2.53. The number of hydrogen-bond donors (Lipinski definition) is 1. The average molecular weight is 264 g/mol. The van der Waals surface area contributed by atoms with Crippen molar-refractivity contribution >= 4 is 0 Å². The van der Waals surface area contributed by atoms with E-state index in [1.807, 2.05) is 42.5 Å². The molecule has 0 spiro atoms. The van der Waals surface area contributed by atoms with Gasteiger partial charge >= 0.3 is 0 Å². The number of hydrogen-bond acceptors (Lipinski definition) is 1. The van der Waals surface area contributed by atoms with Gasteiger partial charge in [-0.15, -0.1) is 6.42 Å². The Morgan fingerprint density at radius 3 is 2.15 bits per heavy atom. The monoisotopic (exact) mass is 264 g/mol. The van der Waals surface area contributed by atoms with Crippen LogP contribution in [-0.2, 0) is 12.0 Å². The van der Waals surface area contributed by atoms with Crippen molar-refractivity contribution in [3.63, 3.8) is 0 Å². The molecule has 0 bridgehead atoms. The maximum atomic E-state index is 10.8. The summed E-state index contributed by atoms with van der Waals surface area (Å²) in [5.41, 5.74) is 1.39. The zero-order valence-electron chi connectivity index (χ0n) is 11.8. The van der Waals surface area contributed by atoms with Gasteiger partial charge in [-0.2, -0.15) is 0 Å². The number of aryl methyl sites for hydroxylation is 1. The van der Waals surface area contributed by atoms with E-state index in [0.29, 0.717) is 0 Å². The molecule has 20 heavy (non-hydrogen) atoms. The molecule has 0 saturated carbocycles. The van der Waals surface area contributed by atoms with E-state index in [0.717, 1.165) is 17.5 Å². The van der Waals surface area contributed by atoms with Gasteiger partial charge < -0.3 is 5.11 Å². The van der Waals surface area contributed by atoms with Gasteiger partial charge in [-0.05, 0) is 18.4 Å². The lowest BCUT2D eigenvalue weighted by Crippen LogP contribution is -2.24. The predicted octanol–water partition coefficient (Wildman–Crippen LogP) is 3.90. The van der Waals surface area contributed by atoms with Gasteiger partial charge in [0.25, 0.3) is 0 Å². The van der Waals surface area contributed by atoms with E-state index >= 15 is 0 Å². The first kappa shape index (κ1) is 14.4. The fourth-order valence-corrected chi connectivity index (χ4v) is 2.31. The van der Waals surface area contributed by atoms with Crippen LogP contribution in [0.5, 0.6) is 0 Å². The highest BCUT2D eigenvalue weighted by Crippen LogP contribution is 2.29. The summed E-state index contributed by atoms with van der Waals surface area (Å²) in [6.45, 7) is 2.18. The van der Waals surface area contributed by atoms with Crippen LogP contribution in [0.3, 0.4) is 0 Å². The first-order valence-corrected chi connectivity index (χ1v) is 7.05. The molecule has 0 heterocycles. The molecule has 0 aliphatic rings. The molecule has 0 fully saturated rings. The zero-order valence-corrected chi connectivity index (χ0v) is 11.8. The van der Waals surface area contributed by atoms with Crippen molar-refractivity contribution in [1.82, 2.24) is 0 Å². The van der Waals surface area contributed by atoms with Crippen molar-refractivity contribution < 1.29 is 5.11 Å². The molecule has 0 saturated heterocycles. The lowest BCUT2D eigenvalue weighted by molar-refractivity contribution is 0.145. The Hall–Kier alpha value is -2.04. The number of aliphatic hydroxyl groups is 1. The van der Waals surface area contributed by atoms with Gasteiger partial charge in [-0.25, -0.2) is 0 Å². The van der Waals surface area contributed by atoms with E-state index in [1.54, 1.807) is 0 Å². The molecule has 2 aromatic rings. The highest BCUT2D eigenvalue weighted by atomic mass is 16.3. The molecule has 1 nitrogen and oxygen atoms in total. The molecule has 0 aromatic heterocycles. The van der Waals surface area contributed by atoms with Crippen LogP contribution >= 0.6 is 0 Å². The Morgan fingerprint density at radius 1 is 1.00 bits per heavy atom. The van der Waals surface area contributed by atoms with Crippen molar-refractivity contribution in [2.24, 2.45) is 0 Å². The summed E-state index contributed by atoms with van der Waals surface area (Å²) < 4.78 is 0. The van der Waals surface area contributed by atoms with E-state index in [2.05, 4.69) is 25.0 Å². The Labute approximate surface area is 121 Å². The quantitative estimate of drug-likeness (QED) is 0.812. The van der Waals surface area contributed by atoms with Crippen LogP contribution in [0, 0.1) is 12.3 Å². The summed E-state index contributed by atoms with van der Waals surface area (Å²) in [6.07, 6.45) is 9.01. The summed E-state index contributed by atoms with van der Waals surface area (Å²) >= 11 is 0. The van der Waals surface area contributed by atoms with Gasteiger partial charge in [0.1, 0.15) is 0 Å². The standard InChI is InChI=1S/C19H20O/c1-3-5-9-16-12-14-18(15-13-16)19(20,4-2)17-10-7-6-8-11-17/h2,6-8,10-15,20H,3,5,9H2,1H3. The van der Waals surface area contributed by atoms with Crippen molar-refractivity contribution in [3.05, 3.63) is 71.3 Å². The second-order valence-electron chi connectivity index (χ2n) is 5.02. The summed E-state index contributed by atoms with van der Waals surface area (Å²) in [5, 5.41) is 10.8. The Morgan fingerprint density at radius 2 is 1.60 bits per heavy atom. The number of benzene rings is 2. The maximum Gasteiger partial charge on any atom is 0.176 e. The van der Waals surface area contributed by atoms with Crippen molar-refractivity contribution in [2.45, 2.75) is 31.8 Å². The summed E-state index contributed by atoms with van der Waals surface area (Å²) in [4.78, 5) is 0. The molecular weight excluding hydrogens is 244 g/mol. The maximum absolute atomic E-state index is 10.8. The number of unbranched alkanes of at least 4 members (excludes halogenated alkanes) is 1. The minimum atomic E-state index is -1.36. The second-order valence-corrected chi connectivity index (χ2v) is 5.02. The zero-order chi connectivity index (χ0) is 14.4. The summed E-state index contributed by atoms with van der Waals surface area (Å²) in [5.74, 6) is 2.53. The molecular formula is C19H20O. The molecule has 1 N–H and O–H groups in total. The van der Waals surface area contributed by atoms with Gasteiger partial charge in [0.15, 0.2) is 5.60 Å². The molecule has 2 aromatic carbocycles. The van der Waals surface area contributed by atoms with E-state index in [9.17, 15) is 5.11 Å². The Kier molecular flexibility index (Phi) is 4.61. The van der Waals surface area contributed by atoms with Gasteiger partial charge in [0, 0.05) is 11.1 Å². The van der Waals surface area contributed by atoms with Crippen molar-refractivity contribution in [1.29, 1.82) is 0 Å². The number of rotatable bonds is 5. The van der Waals surface area contributed by atoms with E-state index in [4.69, 9.17) is 6.42 Å².